The lowest BCUT2D eigenvalue weighted by Crippen LogP contribution is -2.47. The van der Waals surface area contributed by atoms with Crippen molar-refractivity contribution in [3.8, 4) is 0 Å². The van der Waals surface area contributed by atoms with Crippen molar-refractivity contribution >= 4 is 23.3 Å². The summed E-state index contributed by atoms with van der Waals surface area (Å²) in [7, 11) is 0. The number of nitrogens with zero attached hydrogens (tertiary/aromatic N) is 6. The van der Waals surface area contributed by atoms with E-state index in [1.54, 1.807) is 33.6 Å². The predicted molar refractivity (Wildman–Crippen MR) is 106 cm³/mol. The minimum atomic E-state index is -1.60. The fourth-order valence-electron chi connectivity index (χ4n) is 4.03. The van der Waals surface area contributed by atoms with E-state index < -0.39 is 23.5 Å². The van der Waals surface area contributed by atoms with Gasteiger partial charge in [0.05, 0.1) is 48.9 Å². The van der Waals surface area contributed by atoms with Gasteiger partial charge in [-0.3, -0.25) is 14.2 Å². The van der Waals surface area contributed by atoms with Crippen molar-refractivity contribution in [2.45, 2.75) is 39.1 Å². The zero-order valence-corrected chi connectivity index (χ0v) is 16.9. The van der Waals surface area contributed by atoms with Gasteiger partial charge in [0.2, 0.25) is 5.91 Å². The molecular formula is C20H18F3N7O2. The topological polar surface area (TPSA) is 88.3 Å². The summed E-state index contributed by atoms with van der Waals surface area (Å²) in [6, 6.07) is 2.37. The van der Waals surface area contributed by atoms with Gasteiger partial charge in [-0.2, -0.15) is 10.2 Å². The van der Waals surface area contributed by atoms with E-state index in [2.05, 4.69) is 15.5 Å². The number of carbonyl (C=O) groups excluding carboxylic acids is 2. The number of halogens is 3. The number of hydrogen-bond acceptors (Lipinski definition) is 4. The number of hydrogen-bond donors (Lipinski definition) is 1. The van der Waals surface area contributed by atoms with Gasteiger partial charge in [0.1, 0.15) is 6.54 Å². The van der Waals surface area contributed by atoms with Crippen LogP contribution in [0.15, 0.2) is 30.6 Å². The zero-order valence-electron chi connectivity index (χ0n) is 16.9. The Morgan fingerprint density at radius 3 is 2.59 bits per heavy atom. The highest BCUT2D eigenvalue weighted by Gasteiger charge is 2.34. The van der Waals surface area contributed by atoms with E-state index >= 15 is 0 Å². The normalized spacial score (nSPS) is 17.9. The second kappa shape index (κ2) is 7.39. The summed E-state index contributed by atoms with van der Waals surface area (Å²) in [6.45, 7) is 2.73. The molecule has 3 aromatic rings. The molecule has 0 saturated heterocycles. The van der Waals surface area contributed by atoms with Crippen molar-refractivity contribution in [2.75, 3.05) is 10.2 Å². The lowest BCUT2D eigenvalue weighted by Gasteiger charge is -2.35. The van der Waals surface area contributed by atoms with Crippen LogP contribution < -0.4 is 10.2 Å². The van der Waals surface area contributed by atoms with Gasteiger partial charge >= 0.3 is 6.03 Å². The molecule has 32 heavy (non-hydrogen) atoms. The highest BCUT2D eigenvalue weighted by atomic mass is 19.2. The van der Waals surface area contributed by atoms with Gasteiger partial charge in [0.25, 0.3) is 0 Å². The van der Waals surface area contributed by atoms with Crippen LogP contribution in [0, 0.1) is 17.5 Å². The molecule has 5 rings (SSSR count). The predicted octanol–water partition coefficient (Wildman–Crippen LogP) is 2.48. The van der Waals surface area contributed by atoms with E-state index in [9.17, 15) is 22.8 Å². The van der Waals surface area contributed by atoms with Crippen molar-refractivity contribution in [1.29, 1.82) is 0 Å². The SMILES string of the molecule is C[C@H]1Cn2ncc(N3Cc4ccnn4CC3=O)c2CN1C(=O)Nc1cc(F)c(F)c(F)c1. The molecule has 2 aromatic heterocycles. The number of anilines is 2. The Balaban J connectivity index is 1.39. The molecule has 12 heteroatoms. The van der Waals surface area contributed by atoms with E-state index in [1.165, 1.54) is 4.90 Å². The van der Waals surface area contributed by atoms with Crippen LogP contribution in [0.5, 0.6) is 0 Å². The summed E-state index contributed by atoms with van der Waals surface area (Å²) in [6.07, 6.45) is 3.23. The molecule has 2 aliphatic heterocycles. The first-order chi connectivity index (χ1) is 15.3. The Hall–Kier alpha value is -3.83. The lowest BCUT2D eigenvalue weighted by atomic mass is 10.1. The van der Waals surface area contributed by atoms with Crippen LogP contribution in [0.3, 0.4) is 0 Å². The first kappa shape index (κ1) is 20.1. The standard InChI is InChI=1S/C20H18F3N7O2/c1-11-7-30-17(9-27(11)20(32)26-12-4-14(21)19(23)15(22)5-12)16(6-25-30)28-8-13-2-3-24-29(13)10-18(28)31/h2-6,11H,7-10H2,1H3,(H,26,32)/t11-/m0/s1. The van der Waals surface area contributed by atoms with Gasteiger partial charge in [0.15, 0.2) is 17.5 Å². The first-order valence-corrected chi connectivity index (χ1v) is 9.89. The maximum atomic E-state index is 13.5. The number of nitrogens with one attached hydrogen (secondary N) is 1. The zero-order chi connectivity index (χ0) is 22.6. The minimum absolute atomic E-state index is 0.106. The Bertz CT molecular complexity index is 1210. The average molecular weight is 445 g/mol. The Labute approximate surface area is 180 Å². The van der Waals surface area contributed by atoms with Crippen LogP contribution in [0.2, 0.25) is 0 Å². The van der Waals surface area contributed by atoms with Gasteiger partial charge in [-0.25, -0.2) is 18.0 Å². The number of urea groups is 1. The number of aromatic nitrogens is 4. The molecule has 1 aromatic carbocycles. The van der Waals surface area contributed by atoms with Crippen molar-refractivity contribution in [2.24, 2.45) is 0 Å². The quantitative estimate of drug-likeness (QED) is 0.614. The third kappa shape index (κ3) is 3.27. The molecule has 0 saturated carbocycles. The molecule has 1 atom stereocenters. The van der Waals surface area contributed by atoms with Crippen LogP contribution in [-0.2, 0) is 31.0 Å². The molecule has 3 amide bonds. The Morgan fingerprint density at radius 2 is 1.84 bits per heavy atom. The summed E-state index contributed by atoms with van der Waals surface area (Å²) in [5, 5.41) is 10.9. The van der Waals surface area contributed by atoms with Gasteiger partial charge in [0, 0.05) is 24.0 Å². The highest BCUT2D eigenvalue weighted by Crippen LogP contribution is 2.30. The highest BCUT2D eigenvalue weighted by molar-refractivity contribution is 5.95. The smallest absolute Gasteiger partial charge is 0.314 e. The van der Waals surface area contributed by atoms with Crippen LogP contribution in [0.1, 0.15) is 18.3 Å². The molecule has 0 unspecified atom stereocenters. The summed E-state index contributed by atoms with van der Waals surface area (Å²) in [5.41, 5.74) is 1.93. The number of amides is 3. The van der Waals surface area contributed by atoms with Gasteiger partial charge in [-0.15, -0.1) is 0 Å². The molecule has 9 nitrogen and oxygen atoms in total. The number of rotatable bonds is 2. The van der Waals surface area contributed by atoms with Crippen molar-refractivity contribution in [1.82, 2.24) is 24.5 Å². The second-order valence-corrected chi connectivity index (χ2v) is 7.78. The largest absolute Gasteiger partial charge is 0.322 e. The maximum Gasteiger partial charge on any atom is 0.322 e. The first-order valence-electron chi connectivity index (χ1n) is 9.89. The molecular weight excluding hydrogens is 427 g/mol. The van der Waals surface area contributed by atoms with E-state index in [0.29, 0.717) is 24.5 Å². The van der Waals surface area contributed by atoms with Gasteiger partial charge in [-0.1, -0.05) is 0 Å². The Morgan fingerprint density at radius 1 is 1.09 bits per heavy atom. The summed E-state index contributed by atoms with van der Waals surface area (Å²) in [5.74, 6) is -4.54. The average Bonchev–Trinajstić information content (AvgIpc) is 3.36. The molecule has 0 spiro atoms. The van der Waals surface area contributed by atoms with Crippen molar-refractivity contribution < 1.29 is 22.8 Å². The number of benzene rings is 1. The minimum Gasteiger partial charge on any atom is -0.314 e. The summed E-state index contributed by atoms with van der Waals surface area (Å²) in [4.78, 5) is 28.6. The van der Waals surface area contributed by atoms with E-state index in [-0.39, 0.29) is 30.7 Å². The second-order valence-electron chi connectivity index (χ2n) is 7.78. The molecule has 1 N–H and O–H groups in total. The lowest BCUT2D eigenvalue weighted by molar-refractivity contribution is -0.120. The fraction of sp³-hybridized carbons (Fsp3) is 0.300. The van der Waals surface area contributed by atoms with Gasteiger partial charge in [-0.05, 0) is 13.0 Å². The third-order valence-corrected chi connectivity index (χ3v) is 5.71. The molecule has 2 aliphatic rings. The van der Waals surface area contributed by atoms with Crippen LogP contribution in [-0.4, -0.2) is 42.4 Å². The Kier molecular flexibility index (Phi) is 4.64. The van der Waals surface area contributed by atoms with Crippen LogP contribution >= 0.6 is 0 Å². The van der Waals surface area contributed by atoms with Crippen molar-refractivity contribution in [3.05, 3.63) is 59.4 Å². The monoisotopic (exact) mass is 445 g/mol. The third-order valence-electron chi connectivity index (χ3n) is 5.71. The van der Waals surface area contributed by atoms with E-state index in [4.69, 9.17) is 0 Å². The molecule has 0 fully saturated rings. The maximum absolute atomic E-state index is 13.5. The van der Waals surface area contributed by atoms with Gasteiger partial charge < -0.3 is 15.1 Å². The fourth-order valence-corrected chi connectivity index (χ4v) is 4.03. The molecule has 0 radical (unpaired) electrons. The molecule has 166 valence electrons. The van der Waals surface area contributed by atoms with E-state index in [1.807, 2.05) is 6.07 Å². The summed E-state index contributed by atoms with van der Waals surface area (Å²) >= 11 is 0. The number of fused-ring (bicyclic) bond motifs is 2. The molecule has 4 heterocycles. The molecule has 0 bridgehead atoms. The number of carbonyl (C=O) groups is 2. The van der Waals surface area contributed by atoms with Crippen LogP contribution in [0.25, 0.3) is 0 Å². The van der Waals surface area contributed by atoms with Crippen LogP contribution in [0.4, 0.5) is 29.3 Å². The summed E-state index contributed by atoms with van der Waals surface area (Å²) < 4.78 is 43.6. The van der Waals surface area contributed by atoms with E-state index in [0.717, 1.165) is 17.8 Å². The molecule has 0 aliphatic carbocycles. The van der Waals surface area contributed by atoms with Crippen molar-refractivity contribution in [3.63, 3.8) is 0 Å².